The molecule has 31 heavy (non-hydrogen) atoms. The molecule has 0 radical (unpaired) electrons. The predicted molar refractivity (Wildman–Crippen MR) is 115 cm³/mol. The van der Waals surface area contributed by atoms with Gasteiger partial charge in [-0.2, -0.15) is 5.10 Å². The predicted octanol–water partition coefficient (Wildman–Crippen LogP) is 3.45. The fourth-order valence-electron chi connectivity index (χ4n) is 3.03. The van der Waals surface area contributed by atoms with Gasteiger partial charge in [0.25, 0.3) is 5.56 Å². The number of rotatable bonds is 5. The Morgan fingerprint density at radius 3 is 2.74 bits per heavy atom. The summed E-state index contributed by atoms with van der Waals surface area (Å²) in [6, 6.07) is 10.6. The third-order valence-electron chi connectivity index (χ3n) is 4.70. The molecule has 0 unspecified atom stereocenters. The van der Waals surface area contributed by atoms with Crippen molar-refractivity contribution in [2.24, 2.45) is 0 Å². The summed E-state index contributed by atoms with van der Waals surface area (Å²) in [5, 5.41) is 6.79. The van der Waals surface area contributed by atoms with E-state index >= 15 is 0 Å². The monoisotopic (exact) mass is 441 g/mol. The van der Waals surface area contributed by atoms with E-state index in [4.69, 9.17) is 0 Å². The first kappa shape index (κ1) is 20.7. The third kappa shape index (κ3) is 4.06. The number of carbonyl (C=O) groups is 1. The molecule has 1 N–H and O–H groups in total. The number of anilines is 1. The highest BCUT2D eigenvalue weighted by Gasteiger charge is 2.19. The summed E-state index contributed by atoms with van der Waals surface area (Å²) in [4.78, 5) is 31.6. The van der Waals surface area contributed by atoms with E-state index in [0.29, 0.717) is 0 Å². The molecule has 2 aromatic heterocycles. The van der Waals surface area contributed by atoms with Crippen molar-refractivity contribution in [3.05, 3.63) is 76.2 Å². The first-order valence-corrected chi connectivity index (χ1v) is 10.2. The smallest absolute Gasteiger partial charge is 0.269 e. The molecule has 0 aliphatic heterocycles. The molecule has 158 valence electrons. The summed E-state index contributed by atoms with van der Waals surface area (Å²) in [5.41, 5.74) is 1.59. The summed E-state index contributed by atoms with van der Waals surface area (Å²) in [7, 11) is 1.66. The van der Waals surface area contributed by atoms with E-state index in [-0.39, 0.29) is 33.5 Å². The van der Waals surface area contributed by atoms with Crippen molar-refractivity contribution < 1.29 is 13.6 Å². The molecule has 2 heterocycles. The lowest BCUT2D eigenvalue weighted by Gasteiger charge is -2.18. The first-order valence-electron chi connectivity index (χ1n) is 9.22. The van der Waals surface area contributed by atoms with Crippen molar-refractivity contribution in [2.45, 2.75) is 12.1 Å². The van der Waals surface area contributed by atoms with Crippen LogP contribution in [0.2, 0.25) is 0 Å². The van der Waals surface area contributed by atoms with Gasteiger partial charge in [-0.1, -0.05) is 23.9 Å². The zero-order valence-electron chi connectivity index (χ0n) is 16.6. The second-order valence-corrected chi connectivity index (χ2v) is 7.79. The van der Waals surface area contributed by atoms with E-state index in [1.165, 1.54) is 17.2 Å². The molecule has 1 amide bonds. The maximum atomic E-state index is 13.8. The number of amides is 1. The Kier molecular flexibility index (Phi) is 5.55. The van der Waals surface area contributed by atoms with E-state index in [1.54, 1.807) is 7.05 Å². The van der Waals surface area contributed by atoms with Gasteiger partial charge >= 0.3 is 0 Å². The van der Waals surface area contributed by atoms with Gasteiger partial charge in [0.2, 0.25) is 5.91 Å². The summed E-state index contributed by atoms with van der Waals surface area (Å²) < 4.78 is 28.4. The molecule has 0 aliphatic rings. The van der Waals surface area contributed by atoms with Crippen molar-refractivity contribution >= 4 is 34.4 Å². The average Bonchev–Trinajstić information content (AvgIpc) is 3.22. The van der Waals surface area contributed by atoms with Gasteiger partial charge < -0.3 is 4.90 Å². The number of benzene rings is 2. The number of aromatic amines is 1. The molecule has 0 saturated carbocycles. The molecule has 0 bridgehead atoms. The molecule has 4 aromatic rings. The molecular formula is C21H17F2N5O2S. The van der Waals surface area contributed by atoms with Crippen LogP contribution in [-0.2, 0) is 4.79 Å². The van der Waals surface area contributed by atoms with Gasteiger partial charge in [0, 0.05) is 18.8 Å². The van der Waals surface area contributed by atoms with E-state index in [2.05, 4.69) is 15.2 Å². The van der Waals surface area contributed by atoms with Crippen LogP contribution < -0.4 is 10.5 Å². The normalized spacial score (nSPS) is 11.1. The minimum atomic E-state index is -1.09. The Hall–Kier alpha value is -3.53. The van der Waals surface area contributed by atoms with Crippen LogP contribution in [0.25, 0.3) is 16.7 Å². The molecule has 0 atom stereocenters. The Balaban J connectivity index is 1.69. The molecule has 0 aliphatic carbocycles. The maximum Gasteiger partial charge on any atom is 0.269 e. The van der Waals surface area contributed by atoms with Gasteiger partial charge in [0.1, 0.15) is 5.39 Å². The average molecular weight is 441 g/mol. The number of nitrogens with one attached hydrogen (secondary N) is 1. The molecule has 0 spiro atoms. The van der Waals surface area contributed by atoms with Crippen LogP contribution in [0.5, 0.6) is 0 Å². The van der Waals surface area contributed by atoms with E-state index in [0.717, 1.165) is 39.7 Å². The zero-order valence-corrected chi connectivity index (χ0v) is 17.4. The van der Waals surface area contributed by atoms with Crippen LogP contribution in [0.1, 0.15) is 5.56 Å². The van der Waals surface area contributed by atoms with E-state index in [9.17, 15) is 18.4 Å². The number of halogens is 2. The number of fused-ring (bicyclic) bond motifs is 1. The summed E-state index contributed by atoms with van der Waals surface area (Å²) in [6.07, 6.45) is 1.31. The van der Waals surface area contributed by atoms with Gasteiger partial charge in [-0.15, -0.1) is 0 Å². The number of thioether (sulfide) groups is 1. The van der Waals surface area contributed by atoms with Gasteiger partial charge in [-0.25, -0.2) is 13.8 Å². The maximum absolute atomic E-state index is 13.8. The number of carbonyl (C=O) groups excluding carboxylic acids is 1. The van der Waals surface area contributed by atoms with Gasteiger partial charge in [-0.3, -0.25) is 19.3 Å². The van der Waals surface area contributed by atoms with Crippen LogP contribution in [-0.4, -0.2) is 38.5 Å². The number of aromatic nitrogens is 4. The van der Waals surface area contributed by atoms with Crippen LogP contribution >= 0.6 is 11.8 Å². The number of H-pyrrole nitrogens is 1. The summed E-state index contributed by atoms with van der Waals surface area (Å²) in [5.74, 6) is -2.37. The van der Waals surface area contributed by atoms with Crippen molar-refractivity contribution in [3.8, 4) is 5.69 Å². The lowest BCUT2D eigenvalue weighted by Crippen LogP contribution is -2.28. The van der Waals surface area contributed by atoms with Crippen molar-refractivity contribution in [3.63, 3.8) is 0 Å². The first-order chi connectivity index (χ1) is 14.8. The molecular weight excluding hydrogens is 424 g/mol. The largest absolute Gasteiger partial charge is 0.315 e. The van der Waals surface area contributed by atoms with Gasteiger partial charge in [0.05, 0.1) is 17.6 Å². The molecule has 0 saturated heterocycles. The van der Waals surface area contributed by atoms with E-state index in [1.807, 2.05) is 31.2 Å². The summed E-state index contributed by atoms with van der Waals surface area (Å²) in [6.45, 7) is 1.93. The van der Waals surface area contributed by atoms with Gasteiger partial charge in [0.15, 0.2) is 22.4 Å². The van der Waals surface area contributed by atoms with Crippen LogP contribution in [0.3, 0.4) is 0 Å². The lowest BCUT2D eigenvalue weighted by molar-refractivity contribution is -0.115. The minimum absolute atomic E-state index is 0.0276. The molecule has 4 rings (SSSR count). The number of aryl methyl sites for hydroxylation is 1. The lowest BCUT2D eigenvalue weighted by atomic mass is 10.2. The molecule has 7 nitrogen and oxygen atoms in total. The highest BCUT2D eigenvalue weighted by atomic mass is 32.2. The molecule has 2 aromatic carbocycles. The SMILES string of the molecule is Cc1cccc(N(C)C(=O)CSc2nc3[nH]ncc3c(=O)n2-c2ccc(F)c(F)c2)c1. The number of hydrogen-bond acceptors (Lipinski definition) is 5. The van der Waals surface area contributed by atoms with Crippen LogP contribution in [0.15, 0.2) is 58.6 Å². The Bertz CT molecular complexity index is 1350. The standard InChI is InChI=1S/C21H17F2N5O2S/c1-12-4-3-5-13(8-12)27(2)18(29)11-31-21-25-19-15(10-24-26-19)20(30)28(21)14-6-7-16(22)17(23)9-14/h3-10H,11H2,1-2H3,(H,24,26). The fourth-order valence-corrected chi connectivity index (χ4v) is 3.95. The topological polar surface area (TPSA) is 83.9 Å². The highest BCUT2D eigenvalue weighted by molar-refractivity contribution is 7.99. The molecule has 0 fully saturated rings. The summed E-state index contributed by atoms with van der Waals surface area (Å²) >= 11 is 1.02. The van der Waals surface area contributed by atoms with E-state index < -0.39 is 17.2 Å². The second-order valence-electron chi connectivity index (χ2n) is 6.85. The van der Waals surface area contributed by atoms with Crippen LogP contribution in [0, 0.1) is 18.6 Å². The number of hydrogen-bond donors (Lipinski definition) is 1. The van der Waals surface area contributed by atoms with Crippen molar-refractivity contribution in [1.82, 2.24) is 19.7 Å². The van der Waals surface area contributed by atoms with Crippen LogP contribution in [0.4, 0.5) is 14.5 Å². The van der Waals surface area contributed by atoms with Crippen molar-refractivity contribution in [2.75, 3.05) is 17.7 Å². The minimum Gasteiger partial charge on any atom is -0.315 e. The Morgan fingerprint density at radius 1 is 1.19 bits per heavy atom. The fraction of sp³-hybridized carbons (Fsp3) is 0.143. The molecule has 10 heteroatoms. The quantitative estimate of drug-likeness (QED) is 0.379. The zero-order chi connectivity index (χ0) is 22.1. The Labute approximate surface area is 179 Å². The van der Waals surface area contributed by atoms with Gasteiger partial charge in [-0.05, 0) is 36.8 Å². The second kappa shape index (κ2) is 8.31. The number of nitrogens with zero attached hydrogens (tertiary/aromatic N) is 4. The highest BCUT2D eigenvalue weighted by Crippen LogP contribution is 2.23. The Morgan fingerprint density at radius 2 is 2.00 bits per heavy atom. The third-order valence-corrected chi connectivity index (χ3v) is 5.62. The van der Waals surface area contributed by atoms with Crippen molar-refractivity contribution in [1.29, 1.82) is 0 Å².